The van der Waals surface area contributed by atoms with E-state index in [-0.39, 0.29) is 0 Å². The lowest BCUT2D eigenvalue weighted by molar-refractivity contribution is 0.418. The minimum absolute atomic E-state index is 0.432. The zero-order valence-corrected chi connectivity index (χ0v) is 8.15. The predicted molar refractivity (Wildman–Crippen MR) is 51.1 cm³/mol. The minimum atomic E-state index is 0.432. The molecule has 0 aliphatic carbocycles. The van der Waals surface area contributed by atoms with Gasteiger partial charge in [0.2, 0.25) is 0 Å². The van der Waals surface area contributed by atoms with E-state index in [1.165, 1.54) is 6.33 Å². The highest BCUT2D eigenvalue weighted by Crippen LogP contribution is 2.16. The summed E-state index contributed by atoms with van der Waals surface area (Å²) in [4.78, 5) is 8.03. The monoisotopic (exact) mass is 217 g/mol. The fourth-order valence-corrected chi connectivity index (χ4v) is 1.28. The zero-order valence-electron chi connectivity index (χ0n) is 8.15. The van der Waals surface area contributed by atoms with Crippen LogP contribution >= 0.6 is 0 Å². The van der Waals surface area contributed by atoms with Crippen molar-refractivity contribution in [3.05, 3.63) is 37.1 Å². The largest absolute Gasteiger partial charge is 0.472 e. The molecule has 0 N–H and O–H groups in total. The van der Waals surface area contributed by atoms with Crippen molar-refractivity contribution in [3.8, 4) is 11.5 Å². The van der Waals surface area contributed by atoms with E-state index >= 15 is 0 Å². The molecule has 0 unspecified atom stereocenters. The third-order valence-electron chi connectivity index (χ3n) is 2.01. The molecule has 3 rings (SSSR count). The van der Waals surface area contributed by atoms with E-state index < -0.39 is 0 Å². The minimum Gasteiger partial charge on any atom is -0.472 e. The summed E-state index contributed by atoms with van der Waals surface area (Å²) in [5.41, 5.74) is 0.761. The van der Waals surface area contributed by atoms with Gasteiger partial charge in [-0.3, -0.25) is 0 Å². The van der Waals surface area contributed by atoms with Crippen molar-refractivity contribution in [3.63, 3.8) is 0 Å². The number of nitrogens with zero attached hydrogens (tertiary/aromatic N) is 5. The van der Waals surface area contributed by atoms with Gasteiger partial charge in [0, 0.05) is 0 Å². The van der Waals surface area contributed by atoms with Gasteiger partial charge in [-0.05, 0) is 6.07 Å². The van der Waals surface area contributed by atoms with E-state index in [2.05, 4.69) is 20.2 Å². The fourth-order valence-electron chi connectivity index (χ4n) is 1.28. The Kier molecular flexibility index (Phi) is 1.99. The highest BCUT2D eigenvalue weighted by atomic mass is 16.5. The van der Waals surface area contributed by atoms with Crippen molar-refractivity contribution in [1.82, 2.24) is 24.9 Å². The van der Waals surface area contributed by atoms with E-state index in [0.717, 1.165) is 5.56 Å². The summed E-state index contributed by atoms with van der Waals surface area (Å²) in [6, 6.07) is 1.76. The Morgan fingerprint density at radius 1 is 1.38 bits per heavy atom. The van der Waals surface area contributed by atoms with Gasteiger partial charge >= 0.3 is 0 Å². The molecule has 0 aliphatic heterocycles. The summed E-state index contributed by atoms with van der Waals surface area (Å²) < 4.78 is 11.6. The van der Waals surface area contributed by atoms with Crippen LogP contribution in [0, 0.1) is 0 Å². The van der Waals surface area contributed by atoms with Crippen LogP contribution in [-0.2, 0) is 6.54 Å². The topological polar surface area (TPSA) is 82.8 Å². The maximum Gasteiger partial charge on any atom is 0.261 e. The van der Waals surface area contributed by atoms with Gasteiger partial charge in [-0.25, -0.2) is 9.67 Å². The van der Waals surface area contributed by atoms with Gasteiger partial charge in [-0.2, -0.15) is 10.1 Å². The third kappa shape index (κ3) is 1.58. The van der Waals surface area contributed by atoms with Crippen LogP contribution in [0.2, 0.25) is 0 Å². The summed E-state index contributed by atoms with van der Waals surface area (Å²) in [5, 5.41) is 7.78. The predicted octanol–water partition coefficient (Wildman–Crippen LogP) is 0.969. The Morgan fingerprint density at radius 3 is 3.12 bits per heavy atom. The average molecular weight is 217 g/mol. The number of hydrogen-bond donors (Lipinski definition) is 0. The summed E-state index contributed by atoms with van der Waals surface area (Å²) in [6.07, 6.45) is 6.15. The second-order valence-corrected chi connectivity index (χ2v) is 3.12. The Morgan fingerprint density at radius 2 is 2.38 bits per heavy atom. The quantitative estimate of drug-likeness (QED) is 0.650. The maximum atomic E-state index is 5.08. The van der Waals surface area contributed by atoms with Crippen LogP contribution in [-0.4, -0.2) is 24.9 Å². The van der Waals surface area contributed by atoms with Crippen LogP contribution in [0.4, 0.5) is 0 Å². The molecule has 0 saturated carbocycles. The van der Waals surface area contributed by atoms with Gasteiger partial charge in [-0.15, -0.1) is 0 Å². The van der Waals surface area contributed by atoms with Crippen molar-refractivity contribution in [2.75, 3.05) is 0 Å². The summed E-state index contributed by atoms with van der Waals surface area (Å²) in [5.74, 6) is 0.977. The third-order valence-corrected chi connectivity index (χ3v) is 2.01. The SMILES string of the molecule is c1ncn(Cc2noc(-c3ccoc3)n2)n1. The smallest absolute Gasteiger partial charge is 0.261 e. The lowest BCUT2D eigenvalue weighted by Gasteiger charge is -1.91. The summed E-state index contributed by atoms with van der Waals surface area (Å²) in [7, 11) is 0. The molecule has 3 aromatic rings. The van der Waals surface area contributed by atoms with Crippen LogP contribution < -0.4 is 0 Å². The number of rotatable bonds is 3. The average Bonchev–Trinajstić information content (AvgIpc) is 2.99. The Hall–Kier alpha value is -2.44. The van der Waals surface area contributed by atoms with Crippen molar-refractivity contribution in [2.45, 2.75) is 6.54 Å². The van der Waals surface area contributed by atoms with Crippen LogP contribution in [0.15, 0.2) is 40.2 Å². The first-order chi connectivity index (χ1) is 7.92. The number of furan rings is 1. The molecule has 0 saturated heterocycles. The number of aromatic nitrogens is 5. The molecule has 7 heteroatoms. The first kappa shape index (κ1) is 8.84. The van der Waals surface area contributed by atoms with E-state index in [1.54, 1.807) is 29.6 Å². The van der Waals surface area contributed by atoms with Crippen molar-refractivity contribution >= 4 is 0 Å². The molecule has 0 atom stereocenters. The van der Waals surface area contributed by atoms with Crippen LogP contribution in [0.3, 0.4) is 0 Å². The van der Waals surface area contributed by atoms with Crippen molar-refractivity contribution in [1.29, 1.82) is 0 Å². The molecular formula is C9H7N5O2. The first-order valence-corrected chi connectivity index (χ1v) is 4.59. The van der Waals surface area contributed by atoms with E-state index in [1.807, 2.05) is 0 Å². The van der Waals surface area contributed by atoms with Gasteiger partial charge in [0.25, 0.3) is 5.89 Å². The van der Waals surface area contributed by atoms with Crippen LogP contribution in [0.25, 0.3) is 11.5 Å². The molecule has 16 heavy (non-hydrogen) atoms. The number of hydrogen-bond acceptors (Lipinski definition) is 6. The van der Waals surface area contributed by atoms with Gasteiger partial charge < -0.3 is 8.94 Å². The van der Waals surface area contributed by atoms with Crippen LogP contribution in [0.5, 0.6) is 0 Å². The molecule has 0 amide bonds. The molecule has 0 spiro atoms. The Labute approximate surface area is 89.7 Å². The van der Waals surface area contributed by atoms with Crippen LogP contribution in [0.1, 0.15) is 5.82 Å². The fraction of sp³-hybridized carbons (Fsp3) is 0.111. The molecule has 3 aromatic heterocycles. The maximum absolute atomic E-state index is 5.08. The van der Waals surface area contributed by atoms with Crippen molar-refractivity contribution < 1.29 is 8.94 Å². The first-order valence-electron chi connectivity index (χ1n) is 4.59. The van der Waals surface area contributed by atoms with E-state index in [9.17, 15) is 0 Å². The lowest BCUT2D eigenvalue weighted by atomic mass is 10.3. The second kappa shape index (κ2) is 3.61. The highest BCUT2D eigenvalue weighted by Gasteiger charge is 2.10. The molecule has 3 heterocycles. The molecular weight excluding hydrogens is 210 g/mol. The summed E-state index contributed by atoms with van der Waals surface area (Å²) in [6.45, 7) is 0.432. The molecule has 0 aliphatic rings. The van der Waals surface area contributed by atoms with E-state index in [4.69, 9.17) is 8.94 Å². The zero-order chi connectivity index (χ0) is 10.8. The van der Waals surface area contributed by atoms with Gasteiger partial charge in [0.05, 0.1) is 11.8 Å². The Bertz CT molecular complexity index is 555. The highest BCUT2D eigenvalue weighted by molar-refractivity contribution is 5.49. The molecule has 80 valence electrons. The standard InChI is InChI=1S/C9H7N5O2/c1-2-15-4-7(1)9-12-8(13-16-9)3-14-6-10-5-11-14/h1-2,4-6H,3H2. The molecule has 0 aromatic carbocycles. The molecule has 0 bridgehead atoms. The van der Waals surface area contributed by atoms with Gasteiger partial charge in [-0.1, -0.05) is 5.16 Å². The molecule has 7 nitrogen and oxygen atoms in total. The summed E-state index contributed by atoms with van der Waals surface area (Å²) >= 11 is 0. The second-order valence-electron chi connectivity index (χ2n) is 3.12. The molecule has 0 fully saturated rings. The Balaban J connectivity index is 1.83. The normalized spacial score (nSPS) is 10.8. The van der Waals surface area contributed by atoms with E-state index in [0.29, 0.717) is 18.3 Å². The van der Waals surface area contributed by atoms with Gasteiger partial charge in [0.1, 0.15) is 25.5 Å². The van der Waals surface area contributed by atoms with Gasteiger partial charge in [0.15, 0.2) is 5.82 Å². The lowest BCUT2D eigenvalue weighted by Crippen LogP contribution is -2.01. The van der Waals surface area contributed by atoms with Crippen molar-refractivity contribution in [2.24, 2.45) is 0 Å². The molecule has 0 radical (unpaired) electrons.